The lowest BCUT2D eigenvalue weighted by atomic mass is 10.1. The molecule has 0 saturated carbocycles. The number of amides is 1. The standard InChI is InChI=1S/C25H33FN4O/c1-5-29(6-2)14-8-7-13-27-24(31)16-22-25(20-10-11-21(26)19(4)15-20)28-23-12-9-18(3)17-30(22)23/h9-12,15,17H,5-8,13-14,16H2,1-4H3,(H,27,31). The number of nitrogens with one attached hydrogen (secondary N) is 1. The molecule has 0 bridgehead atoms. The van der Waals surface area contributed by atoms with Crippen LogP contribution in [0.15, 0.2) is 36.5 Å². The zero-order valence-electron chi connectivity index (χ0n) is 19.0. The highest BCUT2D eigenvalue weighted by Gasteiger charge is 2.18. The van der Waals surface area contributed by atoms with E-state index >= 15 is 0 Å². The topological polar surface area (TPSA) is 49.6 Å². The summed E-state index contributed by atoms with van der Waals surface area (Å²) in [7, 11) is 0. The summed E-state index contributed by atoms with van der Waals surface area (Å²) in [6, 6.07) is 8.93. The van der Waals surface area contributed by atoms with Gasteiger partial charge in [0.25, 0.3) is 0 Å². The largest absolute Gasteiger partial charge is 0.356 e. The fourth-order valence-corrected chi connectivity index (χ4v) is 3.83. The number of unbranched alkanes of at least 4 members (excludes halogenated alkanes) is 1. The van der Waals surface area contributed by atoms with Crippen LogP contribution in [0.5, 0.6) is 0 Å². The number of halogens is 1. The molecule has 0 aliphatic carbocycles. The van der Waals surface area contributed by atoms with Crippen LogP contribution in [0.1, 0.15) is 43.5 Å². The highest BCUT2D eigenvalue weighted by molar-refractivity contribution is 5.81. The molecule has 166 valence electrons. The molecule has 0 unspecified atom stereocenters. The number of fused-ring (bicyclic) bond motifs is 1. The molecule has 3 rings (SSSR count). The Balaban J connectivity index is 1.75. The van der Waals surface area contributed by atoms with Crippen molar-refractivity contribution in [1.29, 1.82) is 0 Å². The van der Waals surface area contributed by atoms with Crippen LogP contribution in [0.2, 0.25) is 0 Å². The number of hydrogen-bond donors (Lipinski definition) is 1. The minimum absolute atomic E-state index is 0.0220. The summed E-state index contributed by atoms with van der Waals surface area (Å²) < 4.78 is 15.8. The van der Waals surface area contributed by atoms with Crippen LogP contribution in [-0.4, -0.2) is 46.4 Å². The number of nitrogens with zero attached hydrogens (tertiary/aromatic N) is 3. The van der Waals surface area contributed by atoms with Gasteiger partial charge in [-0.05, 0) is 81.7 Å². The second-order valence-corrected chi connectivity index (χ2v) is 8.07. The molecule has 0 aliphatic rings. The average molecular weight is 425 g/mol. The number of carbonyl (C=O) groups excluding carboxylic acids is 1. The first-order valence-electron chi connectivity index (χ1n) is 11.2. The molecular formula is C25H33FN4O. The maximum absolute atomic E-state index is 13.8. The quantitative estimate of drug-likeness (QED) is 0.486. The molecule has 0 spiro atoms. The minimum atomic E-state index is -0.243. The van der Waals surface area contributed by atoms with E-state index in [4.69, 9.17) is 4.98 Å². The minimum Gasteiger partial charge on any atom is -0.356 e. The van der Waals surface area contributed by atoms with E-state index in [0.717, 1.165) is 60.6 Å². The first-order chi connectivity index (χ1) is 14.9. The smallest absolute Gasteiger partial charge is 0.226 e. The van der Waals surface area contributed by atoms with Gasteiger partial charge in [-0.1, -0.05) is 19.9 Å². The molecule has 31 heavy (non-hydrogen) atoms. The van der Waals surface area contributed by atoms with Crippen molar-refractivity contribution in [2.75, 3.05) is 26.2 Å². The summed E-state index contributed by atoms with van der Waals surface area (Å²) in [4.78, 5) is 19.9. The monoisotopic (exact) mass is 424 g/mol. The molecule has 0 aliphatic heterocycles. The van der Waals surface area contributed by atoms with Gasteiger partial charge in [0, 0.05) is 18.3 Å². The Labute approximate surface area is 184 Å². The van der Waals surface area contributed by atoms with Crippen molar-refractivity contribution < 1.29 is 9.18 Å². The van der Waals surface area contributed by atoms with Crippen LogP contribution in [0.4, 0.5) is 4.39 Å². The van der Waals surface area contributed by atoms with Gasteiger partial charge in [-0.2, -0.15) is 0 Å². The summed E-state index contributed by atoms with van der Waals surface area (Å²) in [6.45, 7) is 11.9. The van der Waals surface area contributed by atoms with Crippen molar-refractivity contribution in [3.05, 3.63) is 59.2 Å². The van der Waals surface area contributed by atoms with E-state index in [2.05, 4.69) is 24.1 Å². The second-order valence-electron chi connectivity index (χ2n) is 8.07. The molecule has 0 radical (unpaired) electrons. The molecule has 1 N–H and O–H groups in total. The van der Waals surface area contributed by atoms with E-state index in [0.29, 0.717) is 12.1 Å². The van der Waals surface area contributed by atoms with Crippen molar-refractivity contribution in [1.82, 2.24) is 19.6 Å². The maximum atomic E-state index is 13.8. The fraction of sp³-hybridized carbons (Fsp3) is 0.440. The Morgan fingerprint density at radius 1 is 1.13 bits per heavy atom. The number of aryl methyl sites for hydroxylation is 2. The Kier molecular flexibility index (Phi) is 7.80. The first kappa shape index (κ1) is 22.9. The first-order valence-corrected chi connectivity index (χ1v) is 11.2. The third-order valence-corrected chi connectivity index (χ3v) is 5.74. The summed E-state index contributed by atoms with van der Waals surface area (Å²) in [5, 5.41) is 3.05. The Hall–Kier alpha value is -2.73. The van der Waals surface area contributed by atoms with Crippen LogP contribution in [-0.2, 0) is 11.2 Å². The second kappa shape index (κ2) is 10.5. The van der Waals surface area contributed by atoms with E-state index in [1.165, 1.54) is 6.07 Å². The van der Waals surface area contributed by atoms with Crippen LogP contribution in [0.25, 0.3) is 16.9 Å². The molecular weight excluding hydrogens is 391 g/mol. The number of hydrogen-bond acceptors (Lipinski definition) is 3. The number of benzene rings is 1. The molecule has 2 aromatic heterocycles. The number of imidazole rings is 1. The molecule has 0 fully saturated rings. The van der Waals surface area contributed by atoms with Crippen LogP contribution in [0, 0.1) is 19.7 Å². The van der Waals surface area contributed by atoms with E-state index in [1.54, 1.807) is 19.1 Å². The summed E-state index contributed by atoms with van der Waals surface area (Å²) >= 11 is 0. The summed E-state index contributed by atoms with van der Waals surface area (Å²) in [6.07, 6.45) is 4.25. The average Bonchev–Trinajstić information content (AvgIpc) is 3.10. The third kappa shape index (κ3) is 5.70. The summed E-state index contributed by atoms with van der Waals surface area (Å²) in [5.74, 6) is -0.265. The molecule has 2 heterocycles. The van der Waals surface area contributed by atoms with E-state index < -0.39 is 0 Å². The third-order valence-electron chi connectivity index (χ3n) is 5.74. The Morgan fingerprint density at radius 3 is 2.61 bits per heavy atom. The maximum Gasteiger partial charge on any atom is 0.226 e. The van der Waals surface area contributed by atoms with Gasteiger partial charge in [0.1, 0.15) is 11.5 Å². The lowest BCUT2D eigenvalue weighted by Gasteiger charge is -2.17. The fourth-order valence-electron chi connectivity index (χ4n) is 3.83. The summed E-state index contributed by atoms with van der Waals surface area (Å²) in [5.41, 5.74) is 4.81. The molecule has 6 heteroatoms. The van der Waals surface area contributed by atoms with E-state index in [-0.39, 0.29) is 18.1 Å². The van der Waals surface area contributed by atoms with Gasteiger partial charge < -0.3 is 14.6 Å². The number of rotatable bonds is 10. The lowest BCUT2D eigenvalue weighted by Crippen LogP contribution is -2.28. The Morgan fingerprint density at radius 2 is 1.90 bits per heavy atom. The van der Waals surface area contributed by atoms with Crippen molar-refractivity contribution in [2.45, 2.75) is 47.0 Å². The van der Waals surface area contributed by atoms with Gasteiger partial charge in [-0.3, -0.25) is 4.79 Å². The molecule has 1 aromatic carbocycles. The van der Waals surface area contributed by atoms with Crippen LogP contribution < -0.4 is 5.32 Å². The van der Waals surface area contributed by atoms with Gasteiger partial charge in [0.2, 0.25) is 5.91 Å². The van der Waals surface area contributed by atoms with Crippen molar-refractivity contribution in [2.24, 2.45) is 0 Å². The van der Waals surface area contributed by atoms with E-state index in [1.807, 2.05) is 29.7 Å². The SMILES string of the molecule is CCN(CC)CCCCNC(=O)Cc1c(-c2ccc(F)c(C)c2)nc2ccc(C)cn12. The number of carbonyl (C=O) groups is 1. The van der Waals surface area contributed by atoms with Gasteiger partial charge >= 0.3 is 0 Å². The highest BCUT2D eigenvalue weighted by Crippen LogP contribution is 2.27. The van der Waals surface area contributed by atoms with Gasteiger partial charge in [-0.25, -0.2) is 9.37 Å². The molecule has 0 atom stereocenters. The Bertz CT molecular complexity index is 1040. The van der Waals surface area contributed by atoms with Gasteiger partial charge in [0.05, 0.1) is 17.8 Å². The number of aromatic nitrogens is 2. The molecule has 0 saturated heterocycles. The van der Waals surface area contributed by atoms with E-state index in [9.17, 15) is 9.18 Å². The molecule has 1 amide bonds. The zero-order valence-corrected chi connectivity index (χ0v) is 19.0. The van der Waals surface area contributed by atoms with Gasteiger partial charge in [-0.15, -0.1) is 0 Å². The van der Waals surface area contributed by atoms with Crippen LogP contribution in [0.3, 0.4) is 0 Å². The normalized spacial score (nSPS) is 11.4. The van der Waals surface area contributed by atoms with Crippen molar-refractivity contribution >= 4 is 11.6 Å². The molecule has 3 aromatic rings. The lowest BCUT2D eigenvalue weighted by molar-refractivity contribution is -0.120. The number of pyridine rings is 1. The molecule has 5 nitrogen and oxygen atoms in total. The van der Waals surface area contributed by atoms with Crippen molar-refractivity contribution in [3.8, 4) is 11.3 Å². The van der Waals surface area contributed by atoms with Gasteiger partial charge in [0.15, 0.2) is 0 Å². The van der Waals surface area contributed by atoms with Crippen molar-refractivity contribution in [3.63, 3.8) is 0 Å². The van der Waals surface area contributed by atoms with Crippen LogP contribution >= 0.6 is 0 Å². The highest BCUT2D eigenvalue weighted by atomic mass is 19.1. The zero-order chi connectivity index (χ0) is 22.4. The predicted octanol–water partition coefficient (Wildman–Crippen LogP) is 4.54. The predicted molar refractivity (Wildman–Crippen MR) is 124 cm³/mol.